The van der Waals surface area contributed by atoms with Crippen molar-refractivity contribution >= 4 is 40.7 Å². The summed E-state index contributed by atoms with van der Waals surface area (Å²) in [5.74, 6) is 0. The molecule has 1 N–H and O–H groups in total. The number of fused-ring (bicyclic) bond motifs is 2. The third kappa shape index (κ3) is 2.72. The second-order valence-corrected chi connectivity index (χ2v) is 7.52. The quantitative estimate of drug-likeness (QED) is 0.562. The van der Waals surface area contributed by atoms with Gasteiger partial charge in [-0.2, -0.15) is 0 Å². The minimum atomic E-state index is -0.0734. The maximum absolute atomic E-state index is 12.2. The van der Waals surface area contributed by atoms with Crippen molar-refractivity contribution in [2.24, 2.45) is 0 Å². The summed E-state index contributed by atoms with van der Waals surface area (Å²) in [6.07, 6.45) is 0. The average Bonchev–Trinajstić information content (AvgIpc) is 2.91. The van der Waals surface area contributed by atoms with Crippen molar-refractivity contribution in [1.82, 2.24) is 4.57 Å². The molecule has 4 aromatic rings. The van der Waals surface area contributed by atoms with Crippen LogP contribution >= 0.6 is 0 Å². The van der Waals surface area contributed by atoms with E-state index in [-0.39, 0.29) is 18.9 Å². The van der Waals surface area contributed by atoms with Gasteiger partial charge in [0.25, 0.3) is 0 Å². The van der Waals surface area contributed by atoms with E-state index in [1.165, 1.54) is 15.0 Å². The molecule has 0 aliphatic heterocycles. The van der Waals surface area contributed by atoms with Gasteiger partial charge in [-0.05, 0) is 0 Å². The van der Waals surface area contributed by atoms with Crippen LogP contribution in [0.5, 0.6) is 0 Å². The summed E-state index contributed by atoms with van der Waals surface area (Å²) in [7, 11) is 0. The molecule has 4 rings (SSSR count). The molecule has 0 aliphatic carbocycles. The molecule has 0 amide bonds. The first-order valence-corrected chi connectivity index (χ1v) is 9.34. The van der Waals surface area contributed by atoms with E-state index in [9.17, 15) is 4.79 Å². The van der Waals surface area contributed by atoms with Crippen LogP contribution in [0.1, 0.15) is 0 Å². The SMILES string of the molecule is O=c1[se]c2ccccc2n1CCNc1cccc2ccccc12. The van der Waals surface area contributed by atoms with Crippen LogP contribution in [0.15, 0.2) is 71.5 Å². The Hall–Kier alpha value is -2.29. The zero-order valence-electron chi connectivity index (χ0n) is 12.5. The second kappa shape index (κ2) is 6.07. The van der Waals surface area contributed by atoms with Crippen molar-refractivity contribution in [2.75, 3.05) is 11.9 Å². The van der Waals surface area contributed by atoms with E-state index in [1.54, 1.807) is 0 Å². The minimum absolute atomic E-state index is 0.0734. The zero-order valence-corrected chi connectivity index (χ0v) is 14.2. The van der Waals surface area contributed by atoms with Gasteiger partial charge in [0.15, 0.2) is 0 Å². The van der Waals surface area contributed by atoms with Crippen molar-refractivity contribution in [3.8, 4) is 0 Å². The van der Waals surface area contributed by atoms with E-state index in [1.807, 2.05) is 28.8 Å². The molecular formula is C19H16N2OSe. The molecular weight excluding hydrogens is 351 g/mol. The first-order chi connectivity index (χ1) is 11.3. The number of para-hydroxylation sites is 1. The Labute approximate surface area is 139 Å². The number of hydrogen-bond donors (Lipinski definition) is 1. The maximum atomic E-state index is 12.2. The number of hydrogen-bond acceptors (Lipinski definition) is 2. The summed E-state index contributed by atoms with van der Waals surface area (Å²) in [6, 6.07) is 22.7. The van der Waals surface area contributed by atoms with Crippen molar-refractivity contribution in [3.63, 3.8) is 0 Å². The van der Waals surface area contributed by atoms with Gasteiger partial charge in [-0.3, -0.25) is 0 Å². The van der Waals surface area contributed by atoms with Gasteiger partial charge in [-0.15, -0.1) is 0 Å². The molecule has 1 heterocycles. The van der Waals surface area contributed by atoms with Crippen LogP contribution in [0.2, 0.25) is 0 Å². The molecule has 0 saturated heterocycles. The van der Waals surface area contributed by atoms with Gasteiger partial charge in [-0.25, -0.2) is 0 Å². The fraction of sp³-hybridized carbons (Fsp3) is 0.105. The monoisotopic (exact) mass is 368 g/mol. The van der Waals surface area contributed by atoms with Gasteiger partial charge in [0.05, 0.1) is 0 Å². The first-order valence-electron chi connectivity index (χ1n) is 7.63. The number of aromatic nitrogens is 1. The molecule has 1 aromatic heterocycles. The van der Waals surface area contributed by atoms with Gasteiger partial charge in [0.2, 0.25) is 0 Å². The van der Waals surface area contributed by atoms with Crippen LogP contribution in [-0.4, -0.2) is 25.6 Å². The number of rotatable bonds is 4. The molecule has 0 atom stereocenters. The third-order valence-electron chi connectivity index (χ3n) is 4.01. The molecule has 114 valence electrons. The van der Waals surface area contributed by atoms with Gasteiger partial charge in [0, 0.05) is 0 Å². The summed E-state index contributed by atoms with van der Waals surface area (Å²) < 4.78 is 3.35. The number of benzene rings is 3. The summed E-state index contributed by atoms with van der Waals surface area (Å²) in [6.45, 7) is 1.44. The predicted molar refractivity (Wildman–Crippen MR) is 97.6 cm³/mol. The molecule has 0 spiro atoms. The molecule has 0 aliphatic rings. The molecule has 3 aromatic carbocycles. The summed E-state index contributed by atoms with van der Waals surface area (Å²) in [5, 5.41) is 5.92. The molecule has 0 saturated carbocycles. The Balaban J connectivity index is 1.57. The fourth-order valence-electron chi connectivity index (χ4n) is 2.91. The van der Waals surface area contributed by atoms with E-state index in [4.69, 9.17) is 0 Å². The average molecular weight is 367 g/mol. The van der Waals surface area contributed by atoms with Crippen LogP contribution in [0.4, 0.5) is 5.69 Å². The van der Waals surface area contributed by atoms with E-state index in [0.29, 0.717) is 6.54 Å². The van der Waals surface area contributed by atoms with Gasteiger partial charge in [-0.1, -0.05) is 0 Å². The van der Waals surface area contributed by atoms with Crippen LogP contribution in [-0.2, 0) is 6.54 Å². The number of anilines is 1. The third-order valence-corrected chi connectivity index (χ3v) is 6.03. The normalized spacial score (nSPS) is 11.1. The molecule has 0 fully saturated rings. The summed E-state index contributed by atoms with van der Waals surface area (Å²) in [5.41, 5.74) is 2.20. The van der Waals surface area contributed by atoms with Gasteiger partial charge < -0.3 is 0 Å². The number of nitrogens with zero attached hydrogens (tertiary/aromatic N) is 1. The molecule has 23 heavy (non-hydrogen) atoms. The van der Waals surface area contributed by atoms with Gasteiger partial charge in [0.1, 0.15) is 0 Å². The zero-order chi connectivity index (χ0) is 15.6. The van der Waals surface area contributed by atoms with Crippen molar-refractivity contribution < 1.29 is 0 Å². The molecule has 3 nitrogen and oxygen atoms in total. The second-order valence-electron chi connectivity index (χ2n) is 5.44. The van der Waals surface area contributed by atoms with Crippen LogP contribution in [0.3, 0.4) is 0 Å². The molecule has 4 heteroatoms. The Morgan fingerprint density at radius 2 is 1.70 bits per heavy atom. The Morgan fingerprint density at radius 1 is 0.913 bits per heavy atom. The van der Waals surface area contributed by atoms with Crippen molar-refractivity contribution in [2.45, 2.75) is 6.54 Å². The number of nitrogens with one attached hydrogen (secondary N) is 1. The van der Waals surface area contributed by atoms with E-state index < -0.39 is 0 Å². The Kier molecular flexibility index (Phi) is 3.78. The first kappa shape index (κ1) is 14.3. The van der Waals surface area contributed by atoms with E-state index in [0.717, 1.165) is 17.7 Å². The standard InChI is InChI=1S/C19H16N2OSe/c22-19-21(17-10-3-4-11-18(17)23-19)13-12-20-16-9-5-7-14-6-1-2-8-15(14)16/h1-11,20H,12-13H2. The van der Waals surface area contributed by atoms with E-state index >= 15 is 0 Å². The molecule has 0 bridgehead atoms. The summed E-state index contributed by atoms with van der Waals surface area (Å²) in [4.78, 5) is 12.2. The Bertz CT molecular complexity index is 1030. The van der Waals surface area contributed by atoms with Crippen molar-refractivity contribution in [3.05, 3.63) is 76.0 Å². The topological polar surface area (TPSA) is 34.0 Å². The predicted octanol–water partition coefficient (Wildman–Crippen LogP) is 3.32. The molecule has 0 radical (unpaired) electrons. The van der Waals surface area contributed by atoms with Crippen LogP contribution in [0.25, 0.3) is 20.5 Å². The van der Waals surface area contributed by atoms with Gasteiger partial charge >= 0.3 is 140 Å². The van der Waals surface area contributed by atoms with Crippen LogP contribution < -0.4 is 9.75 Å². The summed E-state index contributed by atoms with van der Waals surface area (Å²) >= 11 is -0.0734. The fourth-order valence-corrected chi connectivity index (χ4v) is 4.83. The van der Waals surface area contributed by atoms with Crippen LogP contribution in [0, 0.1) is 0 Å². The van der Waals surface area contributed by atoms with Crippen molar-refractivity contribution in [1.29, 1.82) is 0 Å². The Morgan fingerprint density at radius 3 is 2.65 bits per heavy atom. The molecule has 0 unspecified atom stereocenters. The van der Waals surface area contributed by atoms with E-state index in [2.05, 4.69) is 47.8 Å².